The van der Waals surface area contributed by atoms with Crippen LogP contribution in [0.4, 0.5) is 0 Å². The minimum atomic E-state index is -0.261. The van der Waals surface area contributed by atoms with E-state index in [2.05, 4.69) is 15.5 Å². The maximum Gasteiger partial charge on any atom is 0.231 e. The van der Waals surface area contributed by atoms with Crippen LogP contribution < -0.4 is 5.32 Å². The molecule has 30 heavy (non-hydrogen) atoms. The summed E-state index contributed by atoms with van der Waals surface area (Å²) in [6.07, 6.45) is 1.65. The maximum absolute atomic E-state index is 12.8. The maximum atomic E-state index is 12.8. The Labute approximate surface area is 184 Å². The van der Waals surface area contributed by atoms with Gasteiger partial charge in [-0.1, -0.05) is 84.0 Å². The molecule has 0 saturated carbocycles. The molecule has 1 N–H and O–H groups in total. The zero-order chi connectivity index (χ0) is 20.8. The average molecular weight is 435 g/mol. The van der Waals surface area contributed by atoms with Crippen molar-refractivity contribution in [1.82, 2.24) is 20.1 Å². The summed E-state index contributed by atoms with van der Waals surface area (Å²) in [4.78, 5) is 12.8. The highest BCUT2D eigenvalue weighted by atomic mass is 35.5. The van der Waals surface area contributed by atoms with Crippen LogP contribution in [0.25, 0.3) is 5.69 Å². The van der Waals surface area contributed by atoms with E-state index in [4.69, 9.17) is 11.6 Å². The molecule has 150 valence electrons. The molecule has 3 aromatic carbocycles. The average Bonchev–Trinajstić information content (AvgIpc) is 3.27. The molecule has 4 rings (SSSR count). The van der Waals surface area contributed by atoms with Crippen molar-refractivity contribution in [3.05, 3.63) is 107 Å². The van der Waals surface area contributed by atoms with E-state index in [1.54, 1.807) is 6.33 Å². The third-order valence-corrected chi connectivity index (χ3v) is 5.72. The Balaban J connectivity index is 1.48. The van der Waals surface area contributed by atoms with E-state index >= 15 is 0 Å². The van der Waals surface area contributed by atoms with Crippen LogP contribution in [-0.2, 0) is 4.79 Å². The SMILES string of the molecule is O=C(CSc1nncn1-c1ccccc1)NC(c1ccccc1)c1ccc(Cl)cc1. The minimum Gasteiger partial charge on any atom is -0.344 e. The summed E-state index contributed by atoms with van der Waals surface area (Å²) in [5, 5.41) is 12.6. The molecular formula is C23H19ClN4OS. The molecule has 0 bridgehead atoms. The Kier molecular flexibility index (Phi) is 6.47. The van der Waals surface area contributed by atoms with Crippen LogP contribution in [0.2, 0.25) is 5.02 Å². The van der Waals surface area contributed by atoms with Crippen LogP contribution in [0.5, 0.6) is 0 Å². The van der Waals surface area contributed by atoms with Crippen LogP contribution >= 0.6 is 23.4 Å². The first-order chi connectivity index (χ1) is 14.7. The fourth-order valence-electron chi connectivity index (χ4n) is 3.08. The molecule has 1 unspecified atom stereocenters. The highest BCUT2D eigenvalue weighted by Crippen LogP contribution is 2.24. The number of carbonyl (C=O) groups is 1. The Morgan fingerprint density at radius 2 is 1.57 bits per heavy atom. The molecule has 0 aliphatic heterocycles. The number of nitrogens with zero attached hydrogens (tertiary/aromatic N) is 3. The summed E-state index contributed by atoms with van der Waals surface area (Å²) in [5.41, 5.74) is 2.93. The third kappa shape index (κ3) is 4.90. The van der Waals surface area contributed by atoms with Gasteiger partial charge in [-0.15, -0.1) is 10.2 Å². The van der Waals surface area contributed by atoms with Crippen LogP contribution in [-0.4, -0.2) is 26.4 Å². The first-order valence-corrected chi connectivity index (χ1v) is 10.7. The lowest BCUT2D eigenvalue weighted by Gasteiger charge is -2.20. The van der Waals surface area contributed by atoms with Crippen molar-refractivity contribution < 1.29 is 4.79 Å². The van der Waals surface area contributed by atoms with Gasteiger partial charge in [0.2, 0.25) is 5.91 Å². The highest BCUT2D eigenvalue weighted by Gasteiger charge is 2.18. The van der Waals surface area contributed by atoms with Gasteiger partial charge in [-0.05, 0) is 35.4 Å². The molecular weight excluding hydrogens is 416 g/mol. The van der Waals surface area contributed by atoms with Crippen LogP contribution in [0, 0.1) is 0 Å². The topological polar surface area (TPSA) is 59.8 Å². The van der Waals surface area contributed by atoms with Crippen molar-refractivity contribution in [1.29, 1.82) is 0 Å². The van der Waals surface area contributed by atoms with E-state index in [1.807, 2.05) is 89.5 Å². The van der Waals surface area contributed by atoms with Gasteiger partial charge in [-0.3, -0.25) is 9.36 Å². The third-order valence-electron chi connectivity index (χ3n) is 4.52. The largest absolute Gasteiger partial charge is 0.344 e. The molecule has 0 spiro atoms. The molecule has 0 saturated heterocycles. The first-order valence-electron chi connectivity index (χ1n) is 9.39. The fraction of sp³-hybridized carbons (Fsp3) is 0.0870. The van der Waals surface area contributed by atoms with Gasteiger partial charge in [0.1, 0.15) is 6.33 Å². The molecule has 0 radical (unpaired) electrons. The molecule has 0 aliphatic rings. The van der Waals surface area contributed by atoms with Crippen molar-refractivity contribution in [2.24, 2.45) is 0 Å². The number of amides is 1. The van der Waals surface area contributed by atoms with Gasteiger partial charge >= 0.3 is 0 Å². The van der Waals surface area contributed by atoms with Crippen molar-refractivity contribution in [2.45, 2.75) is 11.2 Å². The Morgan fingerprint density at radius 3 is 2.27 bits per heavy atom. The lowest BCUT2D eigenvalue weighted by atomic mass is 9.99. The monoisotopic (exact) mass is 434 g/mol. The summed E-state index contributed by atoms with van der Waals surface area (Å²) < 4.78 is 1.87. The second-order valence-electron chi connectivity index (χ2n) is 6.57. The number of rotatable bonds is 7. The number of nitrogens with one attached hydrogen (secondary N) is 1. The minimum absolute atomic E-state index is 0.0913. The van der Waals surface area contributed by atoms with Gasteiger partial charge in [0, 0.05) is 10.7 Å². The summed E-state index contributed by atoms with van der Waals surface area (Å²) in [6, 6.07) is 26.9. The van der Waals surface area contributed by atoms with Crippen molar-refractivity contribution in [2.75, 3.05) is 5.75 Å². The number of carbonyl (C=O) groups excluding carboxylic acids is 1. The van der Waals surface area contributed by atoms with E-state index in [0.717, 1.165) is 16.8 Å². The molecule has 1 amide bonds. The van der Waals surface area contributed by atoms with E-state index in [-0.39, 0.29) is 17.7 Å². The Bertz CT molecular complexity index is 1100. The summed E-state index contributed by atoms with van der Waals surface area (Å²) in [6.45, 7) is 0. The second kappa shape index (κ2) is 9.61. The molecule has 5 nitrogen and oxygen atoms in total. The number of para-hydroxylation sites is 1. The smallest absolute Gasteiger partial charge is 0.231 e. The Morgan fingerprint density at radius 1 is 0.933 bits per heavy atom. The summed E-state index contributed by atoms with van der Waals surface area (Å²) in [5.74, 6) is 0.133. The molecule has 7 heteroatoms. The lowest BCUT2D eigenvalue weighted by Crippen LogP contribution is -2.30. The number of thioether (sulfide) groups is 1. The van der Waals surface area contributed by atoms with Gasteiger partial charge in [0.25, 0.3) is 0 Å². The molecule has 0 fully saturated rings. The molecule has 0 aliphatic carbocycles. The van der Waals surface area contributed by atoms with E-state index in [9.17, 15) is 4.79 Å². The van der Waals surface area contributed by atoms with Gasteiger partial charge in [0.15, 0.2) is 5.16 Å². The standard InChI is InChI=1S/C23H19ClN4OS/c24-19-13-11-18(12-14-19)22(17-7-3-1-4-8-17)26-21(29)15-30-23-27-25-16-28(23)20-9-5-2-6-10-20/h1-14,16,22H,15H2,(H,26,29). The second-order valence-corrected chi connectivity index (χ2v) is 7.95. The number of halogens is 1. The van der Waals surface area contributed by atoms with Crippen molar-refractivity contribution >= 4 is 29.3 Å². The van der Waals surface area contributed by atoms with Crippen LogP contribution in [0.1, 0.15) is 17.2 Å². The summed E-state index contributed by atoms with van der Waals surface area (Å²) in [7, 11) is 0. The predicted octanol–water partition coefficient (Wildman–Crippen LogP) is 4.92. The number of aromatic nitrogens is 3. The molecule has 1 aromatic heterocycles. The van der Waals surface area contributed by atoms with Gasteiger partial charge < -0.3 is 5.32 Å². The van der Waals surface area contributed by atoms with Gasteiger partial charge in [-0.2, -0.15) is 0 Å². The predicted molar refractivity (Wildman–Crippen MR) is 120 cm³/mol. The first kappa shape index (κ1) is 20.2. The van der Waals surface area contributed by atoms with E-state index in [0.29, 0.717) is 10.2 Å². The Hall–Kier alpha value is -3.09. The number of benzene rings is 3. The van der Waals surface area contributed by atoms with Gasteiger partial charge in [-0.25, -0.2) is 0 Å². The van der Waals surface area contributed by atoms with E-state index in [1.165, 1.54) is 11.8 Å². The molecule has 1 heterocycles. The van der Waals surface area contributed by atoms with Crippen molar-refractivity contribution in [3.63, 3.8) is 0 Å². The normalized spacial score (nSPS) is 11.8. The van der Waals surface area contributed by atoms with E-state index < -0.39 is 0 Å². The number of hydrogen-bond acceptors (Lipinski definition) is 4. The fourth-order valence-corrected chi connectivity index (χ4v) is 3.95. The highest BCUT2D eigenvalue weighted by molar-refractivity contribution is 7.99. The zero-order valence-corrected chi connectivity index (χ0v) is 17.6. The van der Waals surface area contributed by atoms with Gasteiger partial charge in [0.05, 0.1) is 11.8 Å². The summed E-state index contributed by atoms with van der Waals surface area (Å²) >= 11 is 7.38. The lowest BCUT2D eigenvalue weighted by molar-refractivity contribution is -0.119. The molecule has 4 aromatic rings. The zero-order valence-electron chi connectivity index (χ0n) is 16.0. The molecule has 1 atom stereocenters. The van der Waals surface area contributed by atoms with Crippen LogP contribution in [0.15, 0.2) is 96.4 Å². The van der Waals surface area contributed by atoms with Crippen LogP contribution in [0.3, 0.4) is 0 Å². The quantitative estimate of drug-likeness (QED) is 0.419. The number of hydrogen-bond donors (Lipinski definition) is 1. The van der Waals surface area contributed by atoms with Crippen molar-refractivity contribution in [3.8, 4) is 5.69 Å².